The van der Waals surface area contributed by atoms with Crippen LogP contribution < -0.4 is 5.43 Å². The predicted octanol–water partition coefficient (Wildman–Crippen LogP) is 4.70. The highest BCUT2D eigenvalue weighted by molar-refractivity contribution is 6.41. The molecule has 0 heterocycles. The Bertz CT molecular complexity index is 352. The Balaban J connectivity index is 2.86. The molecule has 1 aromatic carbocycles. The third kappa shape index (κ3) is 3.90. The van der Waals surface area contributed by atoms with Gasteiger partial charge in [0.05, 0.1) is 15.7 Å². The van der Waals surface area contributed by atoms with E-state index in [1.165, 1.54) is 0 Å². The van der Waals surface area contributed by atoms with E-state index in [0.717, 1.165) is 0 Å². The van der Waals surface area contributed by atoms with Crippen molar-refractivity contribution in [2.24, 2.45) is 11.0 Å². The van der Waals surface area contributed by atoms with Gasteiger partial charge in [-0.1, -0.05) is 48.7 Å². The standard InChI is InChI=1S/C10H11Cl3N2/c1-6(2)5-14-15-10-8(12)3-7(11)4-9(10)13/h3-6,15H,1-2H3. The second-order valence-electron chi connectivity index (χ2n) is 3.38. The molecule has 0 spiro atoms. The van der Waals surface area contributed by atoms with Crippen molar-refractivity contribution in [1.29, 1.82) is 0 Å². The lowest BCUT2D eigenvalue weighted by molar-refractivity contribution is 0.904. The minimum Gasteiger partial charge on any atom is -0.276 e. The molecule has 2 nitrogen and oxygen atoms in total. The van der Waals surface area contributed by atoms with Crippen molar-refractivity contribution < 1.29 is 0 Å². The molecule has 0 aliphatic heterocycles. The van der Waals surface area contributed by atoms with E-state index in [1.807, 2.05) is 13.8 Å². The van der Waals surface area contributed by atoms with Crippen LogP contribution in [-0.2, 0) is 0 Å². The third-order valence-electron chi connectivity index (χ3n) is 1.56. The Morgan fingerprint density at radius 1 is 1.20 bits per heavy atom. The topological polar surface area (TPSA) is 24.4 Å². The second kappa shape index (κ2) is 5.59. The van der Waals surface area contributed by atoms with Crippen LogP contribution >= 0.6 is 34.8 Å². The molecule has 5 heteroatoms. The van der Waals surface area contributed by atoms with Crippen molar-refractivity contribution in [3.63, 3.8) is 0 Å². The lowest BCUT2D eigenvalue weighted by Gasteiger charge is -2.06. The maximum absolute atomic E-state index is 5.94. The maximum Gasteiger partial charge on any atom is 0.0935 e. The summed E-state index contributed by atoms with van der Waals surface area (Å²) in [6.07, 6.45) is 1.77. The summed E-state index contributed by atoms with van der Waals surface area (Å²) < 4.78 is 0. The van der Waals surface area contributed by atoms with Gasteiger partial charge in [-0.05, 0) is 18.1 Å². The molecule has 0 aliphatic rings. The zero-order valence-corrected chi connectivity index (χ0v) is 10.7. The summed E-state index contributed by atoms with van der Waals surface area (Å²) in [7, 11) is 0. The molecule has 0 aromatic heterocycles. The molecule has 15 heavy (non-hydrogen) atoms. The monoisotopic (exact) mass is 264 g/mol. The van der Waals surface area contributed by atoms with E-state index in [2.05, 4.69) is 10.5 Å². The molecule has 1 rings (SSSR count). The van der Waals surface area contributed by atoms with Gasteiger partial charge in [0, 0.05) is 11.2 Å². The van der Waals surface area contributed by atoms with Gasteiger partial charge < -0.3 is 0 Å². The van der Waals surface area contributed by atoms with Crippen molar-refractivity contribution in [2.75, 3.05) is 5.43 Å². The van der Waals surface area contributed by atoms with Crippen molar-refractivity contribution in [1.82, 2.24) is 0 Å². The minimum absolute atomic E-state index is 0.363. The molecule has 0 amide bonds. The number of rotatable bonds is 3. The highest BCUT2D eigenvalue weighted by atomic mass is 35.5. The van der Waals surface area contributed by atoms with Gasteiger partial charge in [-0.25, -0.2) is 0 Å². The van der Waals surface area contributed by atoms with Crippen LogP contribution in [0.3, 0.4) is 0 Å². The first-order valence-electron chi connectivity index (χ1n) is 4.44. The normalized spacial score (nSPS) is 11.3. The lowest BCUT2D eigenvalue weighted by Crippen LogP contribution is -1.95. The van der Waals surface area contributed by atoms with E-state index in [1.54, 1.807) is 18.3 Å². The van der Waals surface area contributed by atoms with Crippen LogP contribution in [0.4, 0.5) is 5.69 Å². The quantitative estimate of drug-likeness (QED) is 0.622. The van der Waals surface area contributed by atoms with E-state index >= 15 is 0 Å². The molecule has 0 radical (unpaired) electrons. The Morgan fingerprint density at radius 2 is 1.73 bits per heavy atom. The third-order valence-corrected chi connectivity index (χ3v) is 2.37. The number of nitrogens with zero attached hydrogens (tertiary/aromatic N) is 1. The largest absolute Gasteiger partial charge is 0.276 e. The summed E-state index contributed by atoms with van der Waals surface area (Å²) in [5, 5.41) is 5.41. The minimum atomic E-state index is 0.363. The molecule has 0 aliphatic carbocycles. The highest BCUT2D eigenvalue weighted by Gasteiger charge is 2.06. The zero-order chi connectivity index (χ0) is 11.4. The predicted molar refractivity (Wildman–Crippen MR) is 68.4 cm³/mol. The van der Waals surface area contributed by atoms with E-state index in [9.17, 15) is 0 Å². The Hall–Kier alpha value is -0.440. The number of hydrazone groups is 1. The summed E-state index contributed by atoms with van der Waals surface area (Å²) in [5.74, 6) is 0.363. The summed E-state index contributed by atoms with van der Waals surface area (Å²) in [4.78, 5) is 0. The summed E-state index contributed by atoms with van der Waals surface area (Å²) in [6.45, 7) is 4.05. The van der Waals surface area contributed by atoms with E-state index in [4.69, 9.17) is 34.8 Å². The van der Waals surface area contributed by atoms with Crippen LogP contribution in [-0.4, -0.2) is 6.21 Å². The summed E-state index contributed by atoms with van der Waals surface area (Å²) in [6, 6.07) is 3.23. The van der Waals surface area contributed by atoms with Gasteiger partial charge in [0.25, 0.3) is 0 Å². The molecule has 0 fully saturated rings. The lowest BCUT2D eigenvalue weighted by atomic mass is 10.3. The number of nitrogens with one attached hydrogen (secondary N) is 1. The van der Waals surface area contributed by atoms with Gasteiger partial charge in [-0.3, -0.25) is 5.43 Å². The molecule has 0 saturated heterocycles. The van der Waals surface area contributed by atoms with Gasteiger partial charge in [0.15, 0.2) is 0 Å². The fourth-order valence-corrected chi connectivity index (χ4v) is 1.80. The summed E-state index contributed by atoms with van der Waals surface area (Å²) in [5.41, 5.74) is 3.36. The number of benzene rings is 1. The smallest absolute Gasteiger partial charge is 0.0935 e. The van der Waals surface area contributed by atoms with Gasteiger partial charge in [-0.15, -0.1) is 0 Å². The fraction of sp³-hybridized carbons (Fsp3) is 0.300. The number of anilines is 1. The first-order chi connectivity index (χ1) is 7.00. The second-order valence-corrected chi connectivity index (χ2v) is 4.63. The van der Waals surface area contributed by atoms with Gasteiger partial charge in [0.1, 0.15) is 0 Å². The maximum atomic E-state index is 5.94. The molecule has 0 bridgehead atoms. The first-order valence-corrected chi connectivity index (χ1v) is 5.58. The first kappa shape index (κ1) is 12.6. The molecular weight excluding hydrogens is 254 g/mol. The Morgan fingerprint density at radius 3 is 2.20 bits per heavy atom. The van der Waals surface area contributed by atoms with Crippen molar-refractivity contribution in [2.45, 2.75) is 13.8 Å². The average molecular weight is 266 g/mol. The van der Waals surface area contributed by atoms with Crippen LogP contribution in [0.1, 0.15) is 13.8 Å². The fourth-order valence-electron chi connectivity index (χ4n) is 0.900. The highest BCUT2D eigenvalue weighted by Crippen LogP contribution is 2.33. The summed E-state index contributed by atoms with van der Waals surface area (Å²) >= 11 is 17.7. The Labute approximate surface area is 104 Å². The molecule has 0 atom stereocenters. The van der Waals surface area contributed by atoms with Crippen molar-refractivity contribution >= 4 is 46.7 Å². The van der Waals surface area contributed by atoms with Crippen LogP contribution in [0.15, 0.2) is 17.2 Å². The van der Waals surface area contributed by atoms with E-state index in [0.29, 0.717) is 26.7 Å². The van der Waals surface area contributed by atoms with Crippen LogP contribution in [0.2, 0.25) is 15.1 Å². The molecule has 0 unspecified atom stereocenters. The zero-order valence-electron chi connectivity index (χ0n) is 8.39. The molecule has 82 valence electrons. The van der Waals surface area contributed by atoms with Gasteiger partial charge in [0.2, 0.25) is 0 Å². The molecule has 1 aromatic rings. The molecular formula is C10H11Cl3N2. The molecule has 1 N–H and O–H groups in total. The van der Waals surface area contributed by atoms with Crippen molar-refractivity contribution in [3.8, 4) is 0 Å². The van der Waals surface area contributed by atoms with Crippen LogP contribution in [0, 0.1) is 5.92 Å². The van der Waals surface area contributed by atoms with Crippen molar-refractivity contribution in [3.05, 3.63) is 27.2 Å². The SMILES string of the molecule is CC(C)C=NNc1c(Cl)cc(Cl)cc1Cl. The van der Waals surface area contributed by atoms with Crippen LogP contribution in [0.25, 0.3) is 0 Å². The van der Waals surface area contributed by atoms with Crippen LogP contribution in [0.5, 0.6) is 0 Å². The van der Waals surface area contributed by atoms with E-state index in [-0.39, 0.29) is 0 Å². The number of hydrogen-bond acceptors (Lipinski definition) is 2. The van der Waals surface area contributed by atoms with E-state index < -0.39 is 0 Å². The van der Waals surface area contributed by atoms with Gasteiger partial charge in [-0.2, -0.15) is 5.10 Å². The number of hydrogen-bond donors (Lipinski definition) is 1. The average Bonchev–Trinajstić information content (AvgIpc) is 2.08. The van der Waals surface area contributed by atoms with Gasteiger partial charge >= 0.3 is 0 Å². The number of halogens is 3. The Kier molecular flexibility index (Phi) is 4.71. The molecule has 0 saturated carbocycles.